The Morgan fingerprint density at radius 2 is 1.72 bits per heavy atom. The Hall–Kier alpha value is -0.610. The molecule has 0 spiro atoms. The molecule has 1 N–H and O–H groups in total. The van der Waals surface area contributed by atoms with Crippen LogP contribution in [0.15, 0.2) is 0 Å². The maximum atomic E-state index is 12.0. The van der Waals surface area contributed by atoms with Gasteiger partial charge in [0.25, 0.3) is 0 Å². The minimum absolute atomic E-state index is 0.00905. The number of carbonyl (C=O) groups is 1. The zero-order valence-corrected chi connectivity index (χ0v) is 12.6. The predicted molar refractivity (Wildman–Crippen MR) is 75.6 cm³/mol. The highest BCUT2D eigenvalue weighted by atomic mass is 16.2. The van der Waals surface area contributed by atoms with Gasteiger partial charge in [-0.3, -0.25) is 9.69 Å². The smallest absolute Gasteiger partial charge is 0.236 e. The van der Waals surface area contributed by atoms with Gasteiger partial charge >= 0.3 is 0 Å². The van der Waals surface area contributed by atoms with Crippen molar-refractivity contribution in [1.29, 1.82) is 0 Å². The lowest BCUT2D eigenvalue weighted by atomic mass is 10.1. The highest BCUT2D eigenvalue weighted by Gasteiger charge is 2.22. The maximum absolute atomic E-state index is 12.0. The summed E-state index contributed by atoms with van der Waals surface area (Å²) in [7, 11) is 0. The summed E-state index contributed by atoms with van der Waals surface area (Å²) in [6.45, 7) is 16.1. The maximum Gasteiger partial charge on any atom is 0.236 e. The standard InChI is InChI=1S/C14H29N3O/c1-12(2)11-16-6-8-17(9-7-16)13(18)10-15-14(3,4)5/h12,15H,6-11H2,1-5H3. The largest absolute Gasteiger partial charge is 0.339 e. The molecule has 18 heavy (non-hydrogen) atoms. The molecule has 0 aliphatic carbocycles. The van der Waals surface area contributed by atoms with Crippen molar-refractivity contribution < 1.29 is 4.79 Å². The van der Waals surface area contributed by atoms with Crippen molar-refractivity contribution in [1.82, 2.24) is 15.1 Å². The van der Waals surface area contributed by atoms with Gasteiger partial charge in [-0.25, -0.2) is 0 Å². The Morgan fingerprint density at radius 1 is 1.17 bits per heavy atom. The van der Waals surface area contributed by atoms with Gasteiger partial charge in [0.15, 0.2) is 0 Å². The minimum atomic E-state index is 0.00905. The number of hydrogen-bond donors (Lipinski definition) is 1. The average Bonchev–Trinajstić information content (AvgIpc) is 2.25. The molecule has 1 amide bonds. The monoisotopic (exact) mass is 255 g/mol. The summed E-state index contributed by atoms with van der Waals surface area (Å²) in [6.07, 6.45) is 0. The van der Waals surface area contributed by atoms with E-state index in [1.54, 1.807) is 0 Å². The van der Waals surface area contributed by atoms with Crippen LogP contribution in [0.3, 0.4) is 0 Å². The molecule has 0 saturated carbocycles. The molecule has 0 radical (unpaired) electrons. The Kier molecular flexibility index (Phi) is 5.60. The van der Waals surface area contributed by atoms with Crippen LogP contribution in [0.2, 0.25) is 0 Å². The zero-order valence-electron chi connectivity index (χ0n) is 12.6. The van der Waals surface area contributed by atoms with Crippen LogP contribution in [0.4, 0.5) is 0 Å². The average molecular weight is 255 g/mol. The first-order valence-electron chi connectivity index (χ1n) is 7.03. The predicted octanol–water partition coefficient (Wildman–Crippen LogP) is 1.17. The molecular weight excluding hydrogens is 226 g/mol. The van der Waals surface area contributed by atoms with Crippen LogP contribution >= 0.6 is 0 Å². The van der Waals surface area contributed by atoms with E-state index < -0.39 is 0 Å². The summed E-state index contributed by atoms with van der Waals surface area (Å²) < 4.78 is 0. The Morgan fingerprint density at radius 3 is 2.17 bits per heavy atom. The molecule has 0 unspecified atom stereocenters. The van der Waals surface area contributed by atoms with Gasteiger partial charge in [-0.15, -0.1) is 0 Å². The van der Waals surface area contributed by atoms with Crippen molar-refractivity contribution in [2.45, 2.75) is 40.2 Å². The fourth-order valence-corrected chi connectivity index (χ4v) is 2.15. The normalized spacial score (nSPS) is 18.4. The van der Waals surface area contributed by atoms with Crippen LogP contribution < -0.4 is 5.32 Å². The van der Waals surface area contributed by atoms with Gasteiger partial charge in [-0.2, -0.15) is 0 Å². The van der Waals surface area contributed by atoms with Crippen molar-refractivity contribution in [3.63, 3.8) is 0 Å². The Balaban J connectivity index is 2.27. The van der Waals surface area contributed by atoms with Crippen LogP contribution in [0.25, 0.3) is 0 Å². The van der Waals surface area contributed by atoms with Crippen LogP contribution in [0.5, 0.6) is 0 Å². The van der Waals surface area contributed by atoms with E-state index in [0.29, 0.717) is 12.5 Å². The van der Waals surface area contributed by atoms with E-state index in [9.17, 15) is 4.79 Å². The van der Waals surface area contributed by atoms with Crippen LogP contribution in [-0.4, -0.2) is 60.5 Å². The molecule has 1 fully saturated rings. The lowest BCUT2D eigenvalue weighted by molar-refractivity contribution is -0.132. The molecular formula is C14H29N3O. The first-order chi connectivity index (χ1) is 8.28. The molecule has 1 heterocycles. The van der Waals surface area contributed by atoms with Crippen molar-refractivity contribution in [2.24, 2.45) is 5.92 Å². The summed E-state index contributed by atoms with van der Waals surface area (Å²) in [5, 5.41) is 3.26. The van der Waals surface area contributed by atoms with Gasteiger partial charge in [0, 0.05) is 38.3 Å². The first kappa shape index (κ1) is 15.4. The topological polar surface area (TPSA) is 35.6 Å². The van der Waals surface area contributed by atoms with E-state index in [2.05, 4.69) is 44.8 Å². The molecule has 4 nitrogen and oxygen atoms in total. The fraction of sp³-hybridized carbons (Fsp3) is 0.929. The molecule has 0 aromatic rings. The SMILES string of the molecule is CC(C)CN1CCN(C(=O)CNC(C)(C)C)CC1. The van der Waals surface area contributed by atoms with Crippen molar-refractivity contribution in [3.8, 4) is 0 Å². The lowest BCUT2D eigenvalue weighted by Crippen LogP contribution is -2.52. The molecule has 1 aliphatic heterocycles. The highest BCUT2D eigenvalue weighted by molar-refractivity contribution is 5.78. The van der Waals surface area contributed by atoms with Gasteiger partial charge in [0.05, 0.1) is 6.54 Å². The molecule has 106 valence electrons. The van der Waals surface area contributed by atoms with Crippen LogP contribution in [-0.2, 0) is 4.79 Å². The first-order valence-corrected chi connectivity index (χ1v) is 7.03. The van der Waals surface area contributed by atoms with Gasteiger partial charge in [0.2, 0.25) is 5.91 Å². The quantitative estimate of drug-likeness (QED) is 0.819. The van der Waals surface area contributed by atoms with E-state index in [1.807, 2.05) is 4.90 Å². The van der Waals surface area contributed by atoms with E-state index in [1.165, 1.54) is 0 Å². The number of amides is 1. The number of carbonyl (C=O) groups excluding carboxylic acids is 1. The summed E-state index contributed by atoms with van der Waals surface area (Å²) in [5.41, 5.74) is 0.00905. The Bertz CT molecular complexity index is 263. The second-order valence-corrected chi connectivity index (χ2v) is 6.68. The van der Waals surface area contributed by atoms with E-state index >= 15 is 0 Å². The van der Waals surface area contributed by atoms with Crippen LogP contribution in [0.1, 0.15) is 34.6 Å². The second-order valence-electron chi connectivity index (χ2n) is 6.68. The summed E-state index contributed by atoms with van der Waals surface area (Å²) in [4.78, 5) is 16.5. The third kappa shape index (κ3) is 5.83. The molecule has 1 saturated heterocycles. The summed E-state index contributed by atoms with van der Waals surface area (Å²) in [6, 6.07) is 0. The lowest BCUT2D eigenvalue weighted by Gasteiger charge is -2.36. The molecule has 0 aromatic carbocycles. The van der Waals surface area contributed by atoms with E-state index in [-0.39, 0.29) is 11.4 Å². The summed E-state index contributed by atoms with van der Waals surface area (Å²) >= 11 is 0. The van der Waals surface area contributed by atoms with Gasteiger partial charge < -0.3 is 10.2 Å². The molecule has 1 rings (SSSR count). The summed E-state index contributed by atoms with van der Waals surface area (Å²) in [5.74, 6) is 0.934. The van der Waals surface area contributed by atoms with Crippen molar-refractivity contribution >= 4 is 5.91 Å². The molecule has 0 atom stereocenters. The number of nitrogens with one attached hydrogen (secondary N) is 1. The van der Waals surface area contributed by atoms with Crippen molar-refractivity contribution in [3.05, 3.63) is 0 Å². The van der Waals surface area contributed by atoms with E-state index in [0.717, 1.165) is 32.7 Å². The number of nitrogens with zero attached hydrogens (tertiary/aromatic N) is 2. The third-order valence-corrected chi connectivity index (χ3v) is 3.12. The molecule has 4 heteroatoms. The number of piperazine rings is 1. The minimum Gasteiger partial charge on any atom is -0.339 e. The van der Waals surface area contributed by atoms with Gasteiger partial charge in [-0.1, -0.05) is 13.8 Å². The molecule has 1 aliphatic rings. The third-order valence-electron chi connectivity index (χ3n) is 3.12. The van der Waals surface area contributed by atoms with Crippen molar-refractivity contribution in [2.75, 3.05) is 39.3 Å². The van der Waals surface area contributed by atoms with Gasteiger partial charge in [-0.05, 0) is 26.7 Å². The highest BCUT2D eigenvalue weighted by Crippen LogP contribution is 2.06. The number of hydrogen-bond acceptors (Lipinski definition) is 3. The zero-order chi connectivity index (χ0) is 13.8. The van der Waals surface area contributed by atoms with Gasteiger partial charge in [0.1, 0.15) is 0 Å². The molecule has 0 bridgehead atoms. The second kappa shape index (κ2) is 6.53. The Labute approximate surface area is 112 Å². The molecule has 0 aromatic heterocycles. The number of rotatable bonds is 4. The van der Waals surface area contributed by atoms with E-state index in [4.69, 9.17) is 0 Å². The van der Waals surface area contributed by atoms with Crippen LogP contribution in [0, 0.1) is 5.92 Å². The fourth-order valence-electron chi connectivity index (χ4n) is 2.15.